The van der Waals surface area contributed by atoms with Crippen molar-refractivity contribution in [1.82, 2.24) is 0 Å². The van der Waals surface area contributed by atoms with Crippen molar-refractivity contribution in [2.75, 3.05) is 0 Å². The summed E-state index contributed by atoms with van der Waals surface area (Å²) in [5, 5.41) is 0. The van der Waals surface area contributed by atoms with Crippen molar-refractivity contribution < 1.29 is 18.9 Å². The largest absolute Gasteiger partial charge is 1.00 e. The summed E-state index contributed by atoms with van der Waals surface area (Å²) < 4.78 is 0. The van der Waals surface area contributed by atoms with Gasteiger partial charge in [-0.25, -0.2) is 0 Å². The Hall–Kier alpha value is -0.183. The minimum absolute atomic E-state index is 0. The maximum absolute atomic E-state index is 2.89. The van der Waals surface area contributed by atoms with Crippen molar-refractivity contribution in [1.29, 1.82) is 0 Å². The molecule has 0 bridgehead atoms. The minimum atomic E-state index is 0. The molecule has 0 atom stereocenters. The van der Waals surface area contributed by atoms with Gasteiger partial charge in [0.05, 0.1) is 0 Å². The molecule has 1 rings (SSSR count). The average Bonchev–Trinajstić information content (AvgIpc) is 1.72. The van der Waals surface area contributed by atoms with Crippen LogP contribution in [-0.2, 0) is 0 Å². The van der Waals surface area contributed by atoms with Crippen LogP contribution in [0.25, 0.3) is 0 Å². The first-order chi connectivity index (χ1) is 3.00. The van der Waals surface area contributed by atoms with Crippen molar-refractivity contribution in [3.05, 3.63) is 36.4 Å². The van der Waals surface area contributed by atoms with E-state index in [9.17, 15) is 0 Å². The number of benzene rings is 1. The Morgan fingerprint density at radius 1 is 0.857 bits per heavy atom. The monoisotopic (exact) mass is 84.1 g/mol. The third kappa shape index (κ3) is 2.50. The molecule has 0 N–H and O–H groups in total. The van der Waals surface area contributed by atoms with Crippen molar-refractivity contribution in [2.24, 2.45) is 0 Å². The second-order valence-corrected chi connectivity index (χ2v) is 1.08. The fourth-order valence-electron chi connectivity index (χ4n) is 0.342. The molecule has 0 aliphatic heterocycles. The predicted octanol–water partition coefficient (Wildman–Crippen LogP) is -1.51. The summed E-state index contributed by atoms with van der Waals surface area (Å²) in [6.07, 6.45) is 0. The van der Waals surface area contributed by atoms with Crippen LogP contribution >= 0.6 is 0 Å². The van der Waals surface area contributed by atoms with Crippen LogP contribution in [0.15, 0.2) is 30.3 Å². The van der Waals surface area contributed by atoms with Crippen LogP contribution in [0.2, 0.25) is 0 Å². The summed E-state index contributed by atoms with van der Waals surface area (Å²) in [5.41, 5.74) is 0. The number of hydrogen-bond donors (Lipinski definition) is 0. The minimum Gasteiger partial charge on any atom is -0.184 e. The van der Waals surface area contributed by atoms with Gasteiger partial charge < -0.3 is 0 Å². The Kier molecular flexibility index (Phi) is 3.89. The van der Waals surface area contributed by atoms with Gasteiger partial charge in [-0.05, 0) is 0 Å². The standard InChI is InChI=1S/C6H5.Li/c1-2-4-6-5-3-1;/h1-5H;/q-1;+1. The van der Waals surface area contributed by atoms with E-state index in [1.54, 1.807) is 0 Å². The normalized spacial score (nSPS) is 6.86. The first-order valence-corrected chi connectivity index (χ1v) is 1.91. The molecule has 0 fully saturated rings. The van der Waals surface area contributed by atoms with Gasteiger partial charge in [0, 0.05) is 0 Å². The molecule has 0 spiro atoms. The van der Waals surface area contributed by atoms with Crippen molar-refractivity contribution >= 4 is 0 Å². The number of hydrogen-bond acceptors (Lipinski definition) is 0. The van der Waals surface area contributed by atoms with Gasteiger partial charge in [0.15, 0.2) is 0 Å². The zero-order chi connectivity index (χ0) is 4.24. The van der Waals surface area contributed by atoms with E-state index in [-0.39, 0.29) is 18.9 Å². The zero-order valence-corrected chi connectivity index (χ0v) is 4.39. The van der Waals surface area contributed by atoms with E-state index in [0.717, 1.165) is 0 Å². The van der Waals surface area contributed by atoms with E-state index in [1.807, 2.05) is 30.3 Å². The van der Waals surface area contributed by atoms with Crippen molar-refractivity contribution in [3.63, 3.8) is 0 Å². The Morgan fingerprint density at radius 2 is 1.43 bits per heavy atom. The average molecular weight is 84.0 g/mol. The first kappa shape index (κ1) is 6.82. The molecule has 0 aliphatic carbocycles. The van der Waals surface area contributed by atoms with E-state index in [2.05, 4.69) is 6.07 Å². The molecule has 0 aliphatic rings. The van der Waals surface area contributed by atoms with Gasteiger partial charge in [-0.15, -0.1) is 0 Å². The van der Waals surface area contributed by atoms with Gasteiger partial charge >= 0.3 is 18.9 Å². The third-order valence-corrected chi connectivity index (χ3v) is 0.607. The van der Waals surface area contributed by atoms with Gasteiger partial charge in [0.2, 0.25) is 0 Å². The molecule has 0 saturated heterocycles. The van der Waals surface area contributed by atoms with Crippen LogP contribution < -0.4 is 18.9 Å². The summed E-state index contributed by atoms with van der Waals surface area (Å²) in [5.74, 6) is 0. The van der Waals surface area contributed by atoms with Crippen LogP contribution in [-0.4, -0.2) is 0 Å². The zero-order valence-electron chi connectivity index (χ0n) is 4.39. The number of rotatable bonds is 0. The van der Waals surface area contributed by atoms with Crippen LogP contribution in [0.5, 0.6) is 0 Å². The maximum Gasteiger partial charge on any atom is 1.00 e. The van der Waals surface area contributed by atoms with E-state index in [1.165, 1.54) is 0 Å². The van der Waals surface area contributed by atoms with E-state index >= 15 is 0 Å². The van der Waals surface area contributed by atoms with Gasteiger partial charge in [-0.2, -0.15) is 36.4 Å². The summed E-state index contributed by atoms with van der Waals surface area (Å²) in [6, 6.07) is 12.5. The molecule has 0 heterocycles. The van der Waals surface area contributed by atoms with E-state index in [0.29, 0.717) is 0 Å². The molecule has 0 amide bonds. The van der Waals surface area contributed by atoms with Crippen molar-refractivity contribution in [3.8, 4) is 0 Å². The van der Waals surface area contributed by atoms with Crippen LogP contribution in [0.4, 0.5) is 0 Å². The molecule has 0 unspecified atom stereocenters. The predicted molar refractivity (Wildman–Crippen MR) is 25.3 cm³/mol. The summed E-state index contributed by atoms with van der Waals surface area (Å²) in [4.78, 5) is 0. The Balaban J connectivity index is 0.000000360. The molecule has 0 aromatic heterocycles. The first-order valence-electron chi connectivity index (χ1n) is 1.91. The topological polar surface area (TPSA) is 0 Å². The van der Waals surface area contributed by atoms with E-state index in [4.69, 9.17) is 0 Å². The van der Waals surface area contributed by atoms with Gasteiger partial charge in [-0.1, -0.05) is 0 Å². The molecule has 7 heavy (non-hydrogen) atoms. The Morgan fingerprint density at radius 3 is 1.57 bits per heavy atom. The molecule has 0 nitrogen and oxygen atoms in total. The Labute approximate surface area is 55.7 Å². The summed E-state index contributed by atoms with van der Waals surface area (Å²) in [6.45, 7) is 0. The molecule has 1 aromatic rings. The van der Waals surface area contributed by atoms with Crippen LogP contribution in [0.3, 0.4) is 0 Å². The molecule has 1 aromatic carbocycles. The van der Waals surface area contributed by atoms with Crippen molar-refractivity contribution in [2.45, 2.75) is 0 Å². The second-order valence-electron chi connectivity index (χ2n) is 1.08. The van der Waals surface area contributed by atoms with Gasteiger partial charge in [0.25, 0.3) is 0 Å². The molecule has 0 radical (unpaired) electrons. The van der Waals surface area contributed by atoms with Gasteiger partial charge in [0.1, 0.15) is 0 Å². The quantitative estimate of drug-likeness (QED) is 0.265. The molecular formula is C6H5Li. The van der Waals surface area contributed by atoms with Gasteiger partial charge in [-0.3, -0.25) is 0 Å². The van der Waals surface area contributed by atoms with Crippen LogP contribution in [0.1, 0.15) is 0 Å². The molecular weight excluding hydrogens is 79.0 g/mol. The molecule has 1 heteroatoms. The summed E-state index contributed by atoms with van der Waals surface area (Å²) >= 11 is 0. The van der Waals surface area contributed by atoms with Crippen LogP contribution in [0, 0.1) is 6.07 Å². The molecule has 30 valence electrons. The SMILES string of the molecule is [Li+].[c-]1ccccc1. The second kappa shape index (κ2) is 3.99. The van der Waals surface area contributed by atoms with E-state index < -0.39 is 0 Å². The Bertz CT molecular complexity index is 76.1. The molecule has 0 saturated carbocycles. The fourth-order valence-corrected chi connectivity index (χ4v) is 0.342. The summed E-state index contributed by atoms with van der Waals surface area (Å²) in [7, 11) is 0. The smallest absolute Gasteiger partial charge is 0.184 e. The maximum atomic E-state index is 2.89. The fraction of sp³-hybridized carbons (Fsp3) is 0. The third-order valence-electron chi connectivity index (χ3n) is 0.607.